The highest BCUT2D eigenvalue weighted by Gasteiger charge is 2.09. The number of anilines is 1. The molecular formula is C21H26N2O5. The number of amides is 2. The van der Waals surface area contributed by atoms with Gasteiger partial charge in [0.25, 0.3) is 0 Å². The molecule has 0 atom stereocenters. The first-order valence-electron chi connectivity index (χ1n) is 8.91. The maximum Gasteiger partial charge on any atom is 0.228 e. The first kappa shape index (κ1) is 21.2. The molecule has 0 radical (unpaired) electrons. The summed E-state index contributed by atoms with van der Waals surface area (Å²) in [6.45, 7) is 0.969. The molecule has 2 N–H and O–H groups in total. The van der Waals surface area contributed by atoms with E-state index in [1.54, 1.807) is 45.6 Å². The Kier molecular flexibility index (Phi) is 8.30. The number of hydrogen-bond acceptors (Lipinski definition) is 5. The number of hydrogen-bond donors (Lipinski definition) is 2. The molecule has 2 rings (SSSR count). The van der Waals surface area contributed by atoms with Crippen molar-refractivity contribution < 1.29 is 23.8 Å². The van der Waals surface area contributed by atoms with Crippen molar-refractivity contribution in [1.82, 2.24) is 5.32 Å². The van der Waals surface area contributed by atoms with Gasteiger partial charge in [-0.05, 0) is 35.4 Å². The van der Waals surface area contributed by atoms with Crippen molar-refractivity contribution in [3.63, 3.8) is 0 Å². The number of nitrogens with one attached hydrogen (secondary N) is 2. The topological polar surface area (TPSA) is 85.9 Å². The predicted octanol–water partition coefficient (Wildman–Crippen LogP) is 2.19. The van der Waals surface area contributed by atoms with Crippen LogP contribution in [0.2, 0.25) is 0 Å². The zero-order chi connectivity index (χ0) is 20.4. The van der Waals surface area contributed by atoms with Gasteiger partial charge in [-0.25, -0.2) is 0 Å². The Labute approximate surface area is 165 Å². The summed E-state index contributed by atoms with van der Waals surface area (Å²) in [6.07, 6.45) is 0.494. The molecule has 0 heterocycles. The van der Waals surface area contributed by atoms with Crippen LogP contribution in [0.1, 0.15) is 11.1 Å². The maximum atomic E-state index is 12.3. The monoisotopic (exact) mass is 386 g/mol. The first-order chi connectivity index (χ1) is 13.5. The molecule has 0 aliphatic rings. The summed E-state index contributed by atoms with van der Waals surface area (Å²) >= 11 is 0. The van der Waals surface area contributed by atoms with E-state index in [0.717, 1.165) is 11.1 Å². The van der Waals surface area contributed by atoms with Crippen molar-refractivity contribution in [3.05, 3.63) is 53.6 Å². The zero-order valence-corrected chi connectivity index (χ0v) is 16.4. The second-order valence-corrected chi connectivity index (χ2v) is 6.13. The third kappa shape index (κ3) is 6.59. The highest BCUT2D eigenvalue weighted by molar-refractivity contribution is 5.92. The molecule has 0 aromatic heterocycles. The van der Waals surface area contributed by atoms with Gasteiger partial charge in [-0.1, -0.05) is 18.2 Å². The second-order valence-electron chi connectivity index (χ2n) is 6.13. The van der Waals surface area contributed by atoms with Crippen LogP contribution in [-0.2, 0) is 27.2 Å². The molecule has 0 bridgehead atoms. The fraction of sp³-hybridized carbons (Fsp3) is 0.333. The Morgan fingerprint density at radius 2 is 1.46 bits per heavy atom. The van der Waals surface area contributed by atoms with Gasteiger partial charge in [0.1, 0.15) is 0 Å². The normalized spacial score (nSPS) is 10.2. The summed E-state index contributed by atoms with van der Waals surface area (Å²) < 4.78 is 15.3. The van der Waals surface area contributed by atoms with Gasteiger partial charge in [-0.15, -0.1) is 0 Å². The van der Waals surface area contributed by atoms with Gasteiger partial charge in [-0.3, -0.25) is 9.59 Å². The average molecular weight is 386 g/mol. The first-order valence-corrected chi connectivity index (χ1v) is 8.91. The van der Waals surface area contributed by atoms with Crippen LogP contribution in [0.15, 0.2) is 42.5 Å². The molecule has 7 nitrogen and oxygen atoms in total. The molecule has 2 amide bonds. The van der Waals surface area contributed by atoms with Crippen molar-refractivity contribution in [1.29, 1.82) is 0 Å². The third-order valence-electron chi connectivity index (χ3n) is 4.04. The van der Waals surface area contributed by atoms with E-state index in [9.17, 15) is 9.59 Å². The number of methoxy groups -OCH3 is 3. The number of ether oxygens (including phenoxy) is 3. The van der Waals surface area contributed by atoms with Gasteiger partial charge >= 0.3 is 0 Å². The van der Waals surface area contributed by atoms with Crippen molar-refractivity contribution in [3.8, 4) is 11.5 Å². The SMILES string of the molecule is COCCNC(=O)Cc1ccc(NC(=O)Cc2ccc(OC)c(OC)c2)cc1. The van der Waals surface area contributed by atoms with Crippen LogP contribution in [0.4, 0.5) is 5.69 Å². The number of rotatable bonds is 10. The smallest absolute Gasteiger partial charge is 0.228 e. The summed E-state index contributed by atoms with van der Waals surface area (Å²) in [6, 6.07) is 12.6. The van der Waals surface area contributed by atoms with Crippen LogP contribution >= 0.6 is 0 Å². The Morgan fingerprint density at radius 1 is 0.821 bits per heavy atom. The zero-order valence-electron chi connectivity index (χ0n) is 16.4. The molecule has 28 heavy (non-hydrogen) atoms. The van der Waals surface area contributed by atoms with E-state index >= 15 is 0 Å². The summed E-state index contributed by atoms with van der Waals surface area (Å²) in [4.78, 5) is 24.1. The molecule has 0 saturated carbocycles. The molecule has 0 saturated heterocycles. The highest BCUT2D eigenvalue weighted by Crippen LogP contribution is 2.27. The number of benzene rings is 2. The number of carbonyl (C=O) groups is 2. The van der Waals surface area contributed by atoms with E-state index in [-0.39, 0.29) is 24.7 Å². The summed E-state index contributed by atoms with van der Waals surface area (Å²) in [7, 11) is 4.71. The van der Waals surface area contributed by atoms with Crippen molar-refractivity contribution in [2.45, 2.75) is 12.8 Å². The lowest BCUT2D eigenvalue weighted by atomic mass is 10.1. The van der Waals surface area contributed by atoms with Gasteiger partial charge in [0.2, 0.25) is 11.8 Å². The third-order valence-corrected chi connectivity index (χ3v) is 4.04. The standard InChI is InChI=1S/C21H26N2O5/c1-26-11-10-22-20(24)13-15-4-7-17(8-5-15)23-21(25)14-16-6-9-18(27-2)19(12-16)28-3/h4-9,12H,10-11,13-14H2,1-3H3,(H,22,24)(H,23,25). The van der Waals surface area contributed by atoms with E-state index in [4.69, 9.17) is 14.2 Å². The average Bonchev–Trinajstić information content (AvgIpc) is 2.69. The largest absolute Gasteiger partial charge is 0.493 e. The molecule has 2 aromatic rings. The van der Waals surface area contributed by atoms with Crippen LogP contribution in [-0.4, -0.2) is 46.3 Å². The minimum absolute atomic E-state index is 0.0673. The molecule has 0 aliphatic heterocycles. The molecular weight excluding hydrogens is 360 g/mol. The van der Waals surface area contributed by atoms with Gasteiger partial charge in [0, 0.05) is 19.3 Å². The van der Waals surface area contributed by atoms with E-state index in [1.807, 2.05) is 18.2 Å². The van der Waals surface area contributed by atoms with Crippen molar-refractivity contribution in [2.75, 3.05) is 39.8 Å². The van der Waals surface area contributed by atoms with Crippen LogP contribution in [0.25, 0.3) is 0 Å². The van der Waals surface area contributed by atoms with Gasteiger partial charge in [-0.2, -0.15) is 0 Å². The van der Waals surface area contributed by atoms with E-state index in [0.29, 0.717) is 30.3 Å². The minimum atomic E-state index is -0.141. The Bertz CT molecular complexity index is 790. The lowest BCUT2D eigenvalue weighted by Crippen LogP contribution is -2.28. The van der Waals surface area contributed by atoms with Gasteiger partial charge in [0.15, 0.2) is 11.5 Å². The van der Waals surface area contributed by atoms with E-state index in [1.165, 1.54) is 0 Å². The highest BCUT2D eigenvalue weighted by atomic mass is 16.5. The maximum absolute atomic E-state index is 12.3. The Hall–Kier alpha value is -3.06. The summed E-state index contributed by atoms with van der Waals surface area (Å²) in [5.41, 5.74) is 2.36. The van der Waals surface area contributed by atoms with Crippen LogP contribution in [0.3, 0.4) is 0 Å². The molecule has 150 valence electrons. The molecule has 7 heteroatoms. The number of carbonyl (C=O) groups excluding carboxylic acids is 2. The molecule has 0 unspecified atom stereocenters. The van der Waals surface area contributed by atoms with Gasteiger partial charge < -0.3 is 24.8 Å². The van der Waals surface area contributed by atoms with Gasteiger partial charge in [0.05, 0.1) is 33.7 Å². The molecule has 0 aliphatic carbocycles. The molecule has 2 aromatic carbocycles. The summed E-state index contributed by atoms with van der Waals surface area (Å²) in [5, 5.41) is 5.62. The van der Waals surface area contributed by atoms with Crippen LogP contribution in [0.5, 0.6) is 11.5 Å². The lowest BCUT2D eigenvalue weighted by Gasteiger charge is -2.10. The Balaban J connectivity index is 1.88. The fourth-order valence-corrected chi connectivity index (χ4v) is 2.63. The Morgan fingerprint density at radius 3 is 2.11 bits per heavy atom. The summed E-state index contributed by atoms with van der Waals surface area (Å²) in [5.74, 6) is 0.994. The molecule has 0 spiro atoms. The minimum Gasteiger partial charge on any atom is -0.493 e. The quantitative estimate of drug-likeness (QED) is 0.612. The van der Waals surface area contributed by atoms with Crippen molar-refractivity contribution >= 4 is 17.5 Å². The van der Waals surface area contributed by atoms with Crippen LogP contribution < -0.4 is 20.1 Å². The fourth-order valence-electron chi connectivity index (χ4n) is 2.63. The van der Waals surface area contributed by atoms with Crippen LogP contribution in [0, 0.1) is 0 Å². The lowest BCUT2D eigenvalue weighted by molar-refractivity contribution is -0.120. The van der Waals surface area contributed by atoms with Crippen molar-refractivity contribution in [2.24, 2.45) is 0 Å². The van der Waals surface area contributed by atoms with E-state index < -0.39 is 0 Å². The molecule has 0 fully saturated rings. The predicted molar refractivity (Wildman–Crippen MR) is 107 cm³/mol. The van der Waals surface area contributed by atoms with E-state index in [2.05, 4.69) is 10.6 Å². The second kappa shape index (κ2) is 10.9.